The molecule has 1 aromatic carbocycles. The van der Waals surface area contributed by atoms with Crippen molar-refractivity contribution in [2.45, 2.75) is 13.8 Å². The standard InChI is InChI=1S/C13H12N2O2S/c1-8-5-3-4-6-10(8)7-11-12(17)15-13(18-11)14-9(2)16/h3-7H,1-2H3,(H,14,15,16,17)/b11-7-. The number of nitrogens with one attached hydrogen (secondary N) is 1. The first-order chi connectivity index (χ1) is 8.56. The van der Waals surface area contributed by atoms with Gasteiger partial charge in [0.2, 0.25) is 5.91 Å². The highest BCUT2D eigenvalue weighted by Gasteiger charge is 2.22. The van der Waals surface area contributed by atoms with E-state index in [1.807, 2.05) is 31.2 Å². The predicted molar refractivity (Wildman–Crippen MR) is 73.0 cm³/mol. The van der Waals surface area contributed by atoms with Crippen molar-refractivity contribution in [2.75, 3.05) is 0 Å². The van der Waals surface area contributed by atoms with Crippen LogP contribution < -0.4 is 5.32 Å². The number of amidine groups is 1. The van der Waals surface area contributed by atoms with Gasteiger partial charge in [-0.2, -0.15) is 4.99 Å². The Kier molecular flexibility index (Phi) is 3.62. The zero-order valence-corrected chi connectivity index (χ0v) is 10.9. The highest BCUT2D eigenvalue weighted by Crippen LogP contribution is 2.28. The van der Waals surface area contributed by atoms with Gasteiger partial charge >= 0.3 is 0 Å². The summed E-state index contributed by atoms with van der Waals surface area (Å²) in [6.45, 7) is 3.36. The van der Waals surface area contributed by atoms with Crippen LogP contribution in [0, 0.1) is 6.92 Å². The molecule has 1 aliphatic heterocycles. The average molecular weight is 260 g/mol. The molecule has 0 saturated carbocycles. The molecule has 0 aliphatic carbocycles. The number of amides is 2. The Morgan fingerprint density at radius 1 is 1.39 bits per heavy atom. The smallest absolute Gasteiger partial charge is 0.286 e. The third-order valence-electron chi connectivity index (χ3n) is 2.38. The summed E-state index contributed by atoms with van der Waals surface area (Å²) >= 11 is 1.18. The van der Waals surface area contributed by atoms with Crippen molar-refractivity contribution in [1.29, 1.82) is 0 Å². The lowest BCUT2D eigenvalue weighted by Crippen LogP contribution is -2.23. The van der Waals surface area contributed by atoms with Gasteiger partial charge in [-0.25, -0.2) is 0 Å². The number of benzene rings is 1. The Bertz CT molecular complexity index is 576. The number of rotatable bonds is 1. The van der Waals surface area contributed by atoms with Gasteiger partial charge in [0.1, 0.15) is 0 Å². The van der Waals surface area contributed by atoms with E-state index in [-0.39, 0.29) is 11.8 Å². The molecule has 18 heavy (non-hydrogen) atoms. The first-order valence-electron chi connectivity index (χ1n) is 5.42. The van der Waals surface area contributed by atoms with E-state index in [1.165, 1.54) is 18.7 Å². The molecule has 0 saturated heterocycles. The van der Waals surface area contributed by atoms with Crippen LogP contribution in [0.2, 0.25) is 0 Å². The number of aryl methyl sites for hydroxylation is 1. The second-order valence-corrected chi connectivity index (χ2v) is 4.90. The molecule has 0 radical (unpaired) electrons. The zero-order chi connectivity index (χ0) is 13.1. The molecule has 4 nitrogen and oxygen atoms in total. The Morgan fingerprint density at radius 2 is 2.11 bits per heavy atom. The van der Waals surface area contributed by atoms with Crippen molar-refractivity contribution in [1.82, 2.24) is 5.32 Å². The molecule has 92 valence electrons. The van der Waals surface area contributed by atoms with Crippen LogP contribution in [0.3, 0.4) is 0 Å². The Balaban J connectivity index is 2.20. The molecule has 0 aromatic heterocycles. The first kappa shape index (κ1) is 12.6. The summed E-state index contributed by atoms with van der Waals surface area (Å²) < 4.78 is 0. The van der Waals surface area contributed by atoms with E-state index in [9.17, 15) is 9.59 Å². The van der Waals surface area contributed by atoms with Crippen LogP contribution in [0.1, 0.15) is 18.1 Å². The Hall–Kier alpha value is -1.88. The molecule has 0 spiro atoms. The van der Waals surface area contributed by atoms with Crippen LogP contribution in [0.15, 0.2) is 34.2 Å². The van der Waals surface area contributed by atoms with Crippen LogP contribution in [0.5, 0.6) is 0 Å². The lowest BCUT2D eigenvalue weighted by molar-refractivity contribution is -0.117. The number of carbonyl (C=O) groups is 2. The third-order valence-corrected chi connectivity index (χ3v) is 3.28. The highest BCUT2D eigenvalue weighted by atomic mass is 32.2. The Labute approximate surface area is 109 Å². The van der Waals surface area contributed by atoms with E-state index in [2.05, 4.69) is 10.3 Å². The molecule has 0 atom stereocenters. The maximum atomic E-state index is 11.7. The van der Waals surface area contributed by atoms with Crippen molar-refractivity contribution in [3.63, 3.8) is 0 Å². The number of hydrogen-bond donors (Lipinski definition) is 1. The number of hydrogen-bond acceptors (Lipinski definition) is 3. The molecule has 0 bridgehead atoms. The van der Waals surface area contributed by atoms with Crippen molar-refractivity contribution in [2.24, 2.45) is 4.99 Å². The lowest BCUT2D eigenvalue weighted by atomic mass is 10.1. The van der Waals surface area contributed by atoms with Crippen LogP contribution >= 0.6 is 11.8 Å². The van der Waals surface area contributed by atoms with E-state index < -0.39 is 0 Å². The number of aliphatic imine (C=N–C) groups is 1. The second-order valence-electron chi connectivity index (χ2n) is 3.87. The SMILES string of the molecule is CC(=O)NC1=NC(=O)/C(=C/c2ccccc2C)S1. The molecule has 2 amide bonds. The molecule has 2 rings (SSSR count). The van der Waals surface area contributed by atoms with E-state index in [1.54, 1.807) is 6.08 Å². The van der Waals surface area contributed by atoms with E-state index in [4.69, 9.17) is 0 Å². The second kappa shape index (κ2) is 5.18. The van der Waals surface area contributed by atoms with Gasteiger partial charge in [-0.3, -0.25) is 9.59 Å². The molecule has 5 heteroatoms. The van der Waals surface area contributed by atoms with Gasteiger partial charge in [-0.05, 0) is 35.9 Å². The number of carbonyl (C=O) groups excluding carboxylic acids is 2. The topological polar surface area (TPSA) is 58.5 Å². The summed E-state index contributed by atoms with van der Waals surface area (Å²) in [7, 11) is 0. The molecular weight excluding hydrogens is 248 g/mol. The zero-order valence-electron chi connectivity index (χ0n) is 10.1. The van der Waals surface area contributed by atoms with Crippen LogP contribution in [0.25, 0.3) is 6.08 Å². The summed E-state index contributed by atoms with van der Waals surface area (Å²) in [5.41, 5.74) is 2.07. The summed E-state index contributed by atoms with van der Waals surface area (Å²) in [6, 6.07) is 7.78. The van der Waals surface area contributed by atoms with Gasteiger partial charge in [0, 0.05) is 6.92 Å². The predicted octanol–water partition coefficient (Wildman–Crippen LogP) is 2.10. The van der Waals surface area contributed by atoms with E-state index in [0.717, 1.165) is 11.1 Å². The Morgan fingerprint density at radius 3 is 2.78 bits per heavy atom. The quantitative estimate of drug-likeness (QED) is 0.787. The summed E-state index contributed by atoms with van der Waals surface area (Å²) in [5, 5.41) is 2.86. The summed E-state index contributed by atoms with van der Waals surface area (Å²) in [5.74, 6) is -0.543. The van der Waals surface area contributed by atoms with Gasteiger partial charge in [0.25, 0.3) is 5.91 Å². The van der Waals surface area contributed by atoms with Crippen molar-refractivity contribution >= 4 is 34.8 Å². The minimum absolute atomic E-state index is 0.230. The maximum absolute atomic E-state index is 11.7. The maximum Gasteiger partial charge on any atom is 0.286 e. The van der Waals surface area contributed by atoms with Gasteiger partial charge in [0.05, 0.1) is 4.91 Å². The van der Waals surface area contributed by atoms with Gasteiger partial charge in [-0.1, -0.05) is 24.3 Å². The molecule has 1 N–H and O–H groups in total. The van der Waals surface area contributed by atoms with E-state index in [0.29, 0.717) is 10.1 Å². The third kappa shape index (κ3) is 2.87. The van der Waals surface area contributed by atoms with Gasteiger partial charge in [-0.15, -0.1) is 0 Å². The van der Waals surface area contributed by atoms with Crippen molar-refractivity contribution < 1.29 is 9.59 Å². The fourth-order valence-corrected chi connectivity index (χ4v) is 2.35. The molecule has 1 aromatic rings. The normalized spacial score (nSPS) is 16.9. The largest absolute Gasteiger partial charge is 0.305 e. The number of thioether (sulfide) groups is 1. The van der Waals surface area contributed by atoms with Crippen LogP contribution in [-0.4, -0.2) is 17.0 Å². The molecule has 1 heterocycles. The summed E-state index contributed by atoms with van der Waals surface area (Å²) in [4.78, 5) is 26.8. The molecule has 0 fully saturated rings. The lowest BCUT2D eigenvalue weighted by Gasteiger charge is -2.00. The molecular formula is C13H12N2O2S. The fraction of sp³-hybridized carbons (Fsp3) is 0.154. The fourth-order valence-electron chi connectivity index (χ4n) is 1.50. The average Bonchev–Trinajstić information content (AvgIpc) is 2.61. The molecule has 0 unspecified atom stereocenters. The first-order valence-corrected chi connectivity index (χ1v) is 6.23. The van der Waals surface area contributed by atoms with Crippen LogP contribution in [-0.2, 0) is 9.59 Å². The monoisotopic (exact) mass is 260 g/mol. The minimum Gasteiger partial charge on any atom is -0.305 e. The van der Waals surface area contributed by atoms with Gasteiger partial charge in [0.15, 0.2) is 5.17 Å². The van der Waals surface area contributed by atoms with Crippen molar-refractivity contribution in [3.05, 3.63) is 40.3 Å². The minimum atomic E-state index is -0.313. The molecule has 1 aliphatic rings. The number of nitrogens with zero attached hydrogens (tertiary/aromatic N) is 1. The van der Waals surface area contributed by atoms with Crippen molar-refractivity contribution in [3.8, 4) is 0 Å². The van der Waals surface area contributed by atoms with E-state index >= 15 is 0 Å². The highest BCUT2D eigenvalue weighted by molar-refractivity contribution is 8.18. The van der Waals surface area contributed by atoms with Crippen LogP contribution in [0.4, 0.5) is 0 Å². The van der Waals surface area contributed by atoms with Gasteiger partial charge < -0.3 is 5.32 Å². The summed E-state index contributed by atoms with van der Waals surface area (Å²) in [6.07, 6.45) is 1.79.